The topological polar surface area (TPSA) is 73.9 Å². The Labute approximate surface area is 162 Å². The zero-order chi connectivity index (χ0) is 19.8. The summed E-state index contributed by atoms with van der Waals surface area (Å²) in [6.07, 6.45) is 0. The van der Waals surface area contributed by atoms with Crippen LogP contribution >= 0.6 is 0 Å². The van der Waals surface area contributed by atoms with Gasteiger partial charge in [-0.15, -0.1) is 0 Å². The molecule has 3 amide bonds. The second-order valence-corrected chi connectivity index (χ2v) is 7.05. The van der Waals surface area contributed by atoms with Crippen molar-refractivity contribution in [1.82, 2.24) is 15.1 Å². The lowest BCUT2D eigenvalue weighted by atomic mass is 10.1. The number of likely N-dealkylation sites (N-methyl/N-ethyl adjacent to an activating group) is 1. The number of ether oxygens (including phenoxy) is 1. The number of rotatable bonds is 6. The minimum Gasteiger partial charge on any atom is -0.380 e. The van der Waals surface area contributed by atoms with Crippen molar-refractivity contribution in [3.63, 3.8) is 0 Å². The van der Waals surface area contributed by atoms with E-state index in [-0.39, 0.29) is 17.9 Å². The normalized spacial score (nSPS) is 17.9. The minimum atomic E-state index is -0.243. The van der Waals surface area contributed by atoms with Gasteiger partial charge in [-0.05, 0) is 51.6 Å². The first-order chi connectivity index (χ1) is 12.9. The van der Waals surface area contributed by atoms with E-state index in [4.69, 9.17) is 4.74 Å². The van der Waals surface area contributed by atoms with Crippen molar-refractivity contribution < 1.29 is 14.3 Å². The maximum atomic E-state index is 12.4. The van der Waals surface area contributed by atoms with E-state index in [2.05, 4.69) is 22.6 Å². The molecule has 0 saturated carbocycles. The smallest absolute Gasteiger partial charge is 0.319 e. The van der Waals surface area contributed by atoms with Crippen molar-refractivity contribution in [2.24, 2.45) is 5.92 Å². The summed E-state index contributed by atoms with van der Waals surface area (Å²) in [5, 5.41) is 5.79. The number of carbonyl (C=O) groups is 2. The molecule has 1 saturated heterocycles. The zero-order valence-corrected chi connectivity index (χ0v) is 16.9. The summed E-state index contributed by atoms with van der Waals surface area (Å²) in [6.45, 7) is 11.0. The van der Waals surface area contributed by atoms with E-state index >= 15 is 0 Å². The largest absolute Gasteiger partial charge is 0.380 e. The average Bonchev–Trinajstić information content (AvgIpc) is 2.86. The molecule has 2 rings (SSSR count). The second-order valence-electron chi connectivity index (χ2n) is 7.05. The Balaban J connectivity index is 1.90. The Morgan fingerprint density at radius 3 is 2.70 bits per heavy atom. The van der Waals surface area contributed by atoms with Gasteiger partial charge in [-0.25, -0.2) is 4.79 Å². The number of hydrogen-bond donors (Lipinski definition) is 2. The monoisotopic (exact) mass is 376 g/mol. The molecule has 0 radical (unpaired) electrons. The quantitative estimate of drug-likeness (QED) is 0.798. The first-order valence-corrected chi connectivity index (χ1v) is 9.65. The van der Waals surface area contributed by atoms with Gasteiger partial charge in [-0.2, -0.15) is 0 Å². The molecule has 1 atom stereocenters. The van der Waals surface area contributed by atoms with Crippen LogP contribution in [0.15, 0.2) is 18.2 Å². The number of urea groups is 1. The van der Waals surface area contributed by atoms with Crippen molar-refractivity contribution in [3.8, 4) is 0 Å². The fourth-order valence-corrected chi connectivity index (χ4v) is 3.21. The van der Waals surface area contributed by atoms with E-state index in [1.165, 1.54) is 0 Å². The van der Waals surface area contributed by atoms with Gasteiger partial charge in [0, 0.05) is 49.9 Å². The van der Waals surface area contributed by atoms with Gasteiger partial charge in [0.05, 0.1) is 13.2 Å². The van der Waals surface area contributed by atoms with E-state index < -0.39 is 0 Å². The molecular weight excluding hydrogens is 344 g/mol. The number of benzene rings is 1. The van der Waals surface area contributed by atoms with Gasteiger partial charge in [0.25, 0.3) is 5.91 Å². The highest BCUT2D eigenvalue weighted by Crippen LogP contribution is 2.18. The molecule has 150 valence electrons. The van der Waals surface area contributed by atoms with Crippen LogP contribution in [-0.2, 0) is 4.74 Å². The van der Waals surface area contributed by atoms with Gasteiger partial charge in [-0.3, -0.25) is 4.79 Å². The molecule has 1 fully saturated rings. The molecule has 0 aliphatic carbocycles. The lowest BCUT2D eigenvalue weighted by Crippen LogP contribution is -2.38. The highest BCUT2D eigenvalue weighted by Gasteiger charge is 2.17. The summed E-state index contributed by atoms with van der Waals surface area (Å²) in [4.78, 5) is 28.7. The van der Waals surface area contributed by atoms with Crippen LogP contribution in [0.2, 0.25) is 0 Å². The molecule has 7 heteroatoms. The van der Waals surface area contributed by atoms with Crippen LogP contribution in [0.3, 0.4) is 0 Å². The maximum Gasteiger partial charge on any atom is 0.319 e. The summed E-state index contributed by atoms with van der Waals surface area (Å²) >= 11 is 0. The summed E-state index contributed by atoms with van der Waals surface area (Å²) < 4.78 is 5.57. The molecule has 2 N–H and O–H groups in total. The summed E-state index contributed by atoms with van der Waals surface area (Å²) in [5.41, 5.74) is 2.21. The van der Waals surface area contributed by atoms with Crippen molar-refractivity contribution in [2.45, 2.75) is 20.8 Å². The summed E-state index contributed by atoms with van der Waals surface area (Å²) in [7, 11) is 2.06. The Kier molecular flexibility index (Phi) is 8.06. The van der Waals surface area contributed by atoms with Crippen LogP contribution in [0.5, 0.6) is 0 Å². The van der Waals surface area contributed by atoms with Crippen LogP contribution in [0.25, 0.3) is 0 Å². The molecule has 27 heavy (non-hydrogen) atoms. The molecule has 1 aliphatic heterocycles. The Morgan fingerprint density at radius 2 is 2.04 bits per heavy atom. The number of nitrogens with one attached hydrogen (secondary N) is 2. The SMILES string of the molecule is CCN(CC)C(=O)c1ccc(NC(=O)NC[C@H]2COCCN(C)C2)c(C)c1. The minimum absolute atomic E-state index is 0.0107. The van der Waals surface area contributed by atoms with Crippen LogP contribution in [-0.4, -0.2) is 74.7 Å². The van der Waals surface area contributed by atoms with E-state index in [1.807, 2.05) is 26.8 Å². The van der Waals surface area contributed by atoms with Gasteiger partial charge in [0.1, 0.15) is 0 Å². The molecule has 0 aromatic heterocycles. The van der Waals surface area contributed by atoms with Crippen LogP contribution in [0.1, 0.15) is 29.8 Å². The van der Waals surface area contributed by atoms with E-state index in [1.54, 1.807) is 17.0 Å². The fraction of sp³-hybridized carbons (Fsp3) is 0.600. The molecular formula is C20H32N4O3. The molecule has 1 aromatic rings. The molecule has 0 bridgehead atoms. The van der Waals surface area contributed by atoms with Crippen LogP contribution < -0.4 is 10.6 Å². The predicted octanol–water partition coefficient (Wildman–Crippen LogP) is 2.18. The average molecular weight is 377 g/mol. The summed E-state index contributed by atoms with van der Waals surface area (Å²) in [5.74, 6) is 0.287. The molecule has 1 aliphatic rings. The van der Waals surface area contributed by atoms with Crippen molar-refractivity contribution in [1.29, 1.82) is 0 Å². The van der Waals surface area contributed by atoms with Crippen molar-refractivity contribution >= 4 is 17.6 Å². The lowest BCUT2D eigenvalue weighted by Gasteiger charge is -2.20. The van der Waals surface area contributed by atoms with Gasteiger partial charge < -0.3 is 25.2 Å². The first-order valence-electron chi connectivity index (χ1n) is 9.65. The first kappa shape index (κ1) is 21.2. The van der Waals surface area contributed by atoms with E-state index in [0.29, 0.717) is 37.5 Å². The number of amides is 3. The number of hydrogen-bond acceptors (Lipinski definition) is 4. The van der Waals surface area contributed by atoms with Gasteiger partial charge >= 0.3 is 6.03 Å². The Bertz CT molecular complexity index is 646. The van der Waals surface area contributed by atoms with Crippen LogP contribution in [0.4, 0.5) is 10.5 Å². The third-order valence-electron chi connectivity index (χ3n) is 4.86. The number of nitrogens with zero attached hydrogens (tertiary/aromatic N) is 2. The van der Waals surface area contributed by atoms with Gasteiger partial charge in [-0.1, -0.05) is 0 Å². The molecule has 0 spiro atoms. The van der Waals surface area contributed by atoms with Crippen molar-refractivity contribution in [2.75, 3.05) is 58.3 Å². The Morgan fingerprint density at radius 1 is 1.30 bits per heavy atom. The lowest BCUT2D eigenvalue weighted by molar-refractivity contribution is 0.0773. The Hall–Kier alpha value is -2.12. The second kappa shape index (κ2) is 10.3. The fourth-order valence-electron chi connectivity index (χ4n) is 3.21. The third-order valence-corrected chi connectivity index (χ3v) is 4.86. The summed E-state index contributed by atoms with van der Waals surface area (Å²) in [6, 6.07) is 5.13. The molecule has 7 nitrogen and oxygen atoms in total. The highest BCUT2D eigenvalue weighted by molar-refractivity contribution is 5.96. The van der Waals surface area contributed by atoms with Gasteiger partial charge in [0.2, 0.25) is 0 Å². The zero-order valence-electron chi connectivity index (χ0n) is 16.9. The van der Waals surface area contributed by atoms with Gasteiger partial charge in [0.15, 0.2) is 0 Å². The van der Waals surface area contributed by atoms with Crippen LogP contribution in [0, 0.1) is 12.8 Å². The van der Waals surface area contributed by atoms with E-state index in [0.717, 1.165) is 25.3 Å². The highest BCUT2D eigenvalue weighted by atomic mass is 16.5. The van der Waals surface area contributed by atoms with E-state index in [9.17, 15) is 9.59 Å². The molecule has 1 aromatic carbocycles. The number of anilines is 1. The molecule has 1 heterocycles. The third kappa shape index (κ3) is 6.22. The molecule has 0 unspecified atom stereocenters. The maximum absolute atomic E-state index is 12.4. The standard InChI is InChI=1S/C20H32N4O3/c1-5-24(6-2)19(25)17-7-8-18(15(3)11-17)22-20(26)21-12-16-13-23(4)9-10-27-14-16/h7-8,11,16H,5-6,9-10,12-14H2,1-4H3,(H2,21,22,26)/t16-/m1/s1. The predicted molar refractivity (Wildman–Crippen MR) is 107 cm³/mol. The number of aryl methyl sites for hydroxylation is 1. The number of carbonyl (C=O) groups excluding carboxylic acids is 2. The van der Waals surface area contributed by atoms with Crippen molar-refractivity contribution in [3.05, 3.63) is 29.3 Å².